The van der Waals surface area contributed by atoms with E-state index in [9.17, 15) is 0 Å². The fraction of sp³-hybridized carbons (Fsp3) is 0.400. The van der Waals surface area contributed by atoms with Gasteiger partial charge in [-0.2, -0.15) is 0 Å². The molecular weight excluding hydrogens is 264 g/mol. The van der Waals surface area contributed by atoms with Gasteiger partial charge in [-0.3, -0.25) is 0 Å². The number of rotatable bonds is 5. The van der Waals surface area contributed by atoms with Crippen LogP contribution in [0, 0.1) is 0 Å². The molecule has 0 saturated carbocycles. The van der Waals surface area contributed by atoms with Crippen LogP contribution >= 0.6 is 0 Å². The maximum absolute atomic E-state index is 4.47. The Hall–Kier alpha value is -2.37. The van der Waals surface area contributed by atoms with Crippen molar-refractivity contribution in [2.45, 2.75) is 19.4 Å². The maximum atomic E-state index is 4.47. The molecule has 0 atom stereocenters. The summed E-state index contributed by atoms with van der Waals surface area (Å²) in [5.74, 6) is 2.69. The zero-order chi connectivity index (χ0) is 14.5. The van der Waals surface area contributed by atoms with Crippen LogP contribution in [0.5, 0.6) is 0 Å². The molecule has 3 heterocycles. The average Bonchev–Trinajstić information content (AvgIpc) is 3.08. The van der Waals surface area contributed by atoms with Crippen molar-refractivity contribution in [3.8, 4) is 0 Å². The zero-order valence-electron chi connectivity index (χ0n) is 12.2. The van der Waals surface area contributed by atoms with Crippen LogP contribution in [0.1, 0.15) is 18.4 Å². The lowest BCUT2D eigenvalue weighted by atomic mass is 10.2. The Kier molecular flexibility index (Phi) is 4.14. The first-order valence-corrected chi connectivity index (χ1v) is 7.29. The van der Waals surface area contributed by atoms with Gasteiger partial charge in [-0.1, -0.05) is 0 Å². The maximum Gasteiger partial charge on any atom is 0.131 e. The predicted octanol–water partition coefficient (Wildman–Crippen LogP) is 2.13. The van der Waals surface area contributed by atoms with Gasteiger partial charge in [0.05, 0.1) is 0 Å². The standard InChI is InChI=1S/C15H20N6/c1-16-13-9-14(20-11-19-13)18-10-12-4-5-17-15(8-12)21-6-2-3-7-21/h4-5,8-9,11H,2-3,6-7,10H2,1H3,(H2,16,18,19,20). The molecule has 0 spiro atoms. The quantitative estimate of drug-likeness (QED) is 0.877. The molecule has 2 aromatic heterocycles. The Morgan fingerprint density at radius 2 is 1.90 bits per heavy atom. The molecule has 0 radical (unpaired) electrons. The van der Waals surface area contributed by atoms with Crippen molar-refractivity contribution in [2.75, 3.05) is 35.7 Å². The fourth-order valence-corrected chi connectivity index (χ4v) is 2.47. The second kappa shape index (κ2) is 6.39. The highest BCUT2D eigenvalue weighted by Gasteiger charge is 2.13. The van der Waals surface area contributed by atoms with Crippen molar-refractivity contribution in [3.05, 3.63) is 36.3 Å². The molecule has 0 unspecified atom stereocenters. The smallest absolute Gasteiger partial charge is 0.131 e. The van der Waals surface area contributed by atoms with Crippen molar-refractivity contribution in [3.63, 3.8) is 0 Å². The molecule has 1 aliphatic heterocycles. The van der Waals surface area contributed by atoms with Gasteiger partial charge in [0.15, 0.2) is 0 Å². The molecule has 110 valence electrons. The number of pyridine rings is 1. The lowest BCUT2D eigenvalue weighted by Gasteiger charge is -2.17. The van der Waals surface area contributed by atoms with Crippen LogP contribution in [0.25, 0.3) is 0 Å². The lowest BCUT2D eigenvalue weighted by Crippen LogP contribution is -2.19. The summed E-state index contributed by atoms with van der Waals surface area (Å²) in [7, 11) is 1.84. The second-order valence-corrected chi connectivity index (χ2v) is 5.11. The average molecular weight is 284 g/mol. The molecule has 0 amide bonds. The van der Waals surface area contributed by atoms with E-state index in [4.69, 9.17) is 0 Å². The summed E-state index contributed by atoms with van der Waals surface area (Å²) >= 11 is 0. The summed E-state index contributed by atoms with van der Waals surface area (Å²) < 4.78 is 0. The zero-order valence-corrected chi connectivity index (χ0v) is 12.2. The summed E-state index contributed by atoms with van der Waals surface area (Å²) in [6.07, 6.45) is 5.95. The summed E-state index contributed by atoms with van der Waals surface area (Å²) in [4.78, 5) is 15.1. The summed E-state index contributed by atoms with van der Waals surface area (Å²) in [6.45, 7) is 2.95. The van der Waals surface area contributed by atoms with E-state index in [-0.39, 0.29) is 0 Å². The van der Waals surface area contributed by atoms with E-state index in [1.54, 1.807) is 6.33 Å². The van der Waals surface area contributed by atoms with Crippen LogP contribution in [0.15, 0.2) is 30.7 Å². The van der Waals surface area contributed by atoms with Gasteiger partial charge in [-0.25, -0.2) is 15.0 Å². The van der Waals surface area contributed by atoms with Gasteiger partial charge in [0.25, 0.3) is 0 Å². The van der Waals surface area contributed by atoms with Crippen molar-refractivity contribution in [2.24, 2.45) is 0 Å². The number of hydrogen-bond acceptors (Lipinski definition) is 6. The van der Waals surface area contributed by atoms with Gasteiger partial charge in [0, 0.05) is 38.9 Å². The topological polar surface area (TPSA) is 66.0 Å². The molecule has 0 aliphatic carbocycles. The fourth-order valence-electron chi connectivity index (χ4n) is 2.47. The number of nitrogens with zero attached hydrogens (tertiary/aromatic N) is 4. The van der Waals surface area contributed by atoms with Gasteiger partial charge >= 0.3 is 0 Å². The van der Waals surface area contributed by atoms with Gasteiger partial charge in [-0.05, 0) is 30.5 Å². The third-order valence-corrected chi connectivity index (χ3v) is 3.64. The highest BCUT2D eigenvalue weighted by Crippen LogP contribution is 2.19. The number of hydrogen-bond donors (Lipinski definition) is 2. The van der Waals surface area contributed by atoms with Crippen LogP contribution < -0.4 is 15.5 Å². The minimum atomic E-state index is 0.726. The molecule has 2 aromatic rings. The first kappa shape index (κ1) is 13.6. The molecule has 1 fully saturated rings. The molecule has 21 heavy (non-hydrogen) atoms. The molecule has 3 rings (SSSR count). The van der Waals surface area contributed by atoms with Gasteiger partial charge in [-0.15, -0.1) is 0 Å². The minimum absolute atomic E-state index is 0.726. The first-order chi connectivity index (χ1) is 10.3. The van der Waals surface area contributed by atoms with Gasteiger partial charge < -0.3 is 15.5 Å². The Bertz CT molecular complexity index is 594. The highest BCUT2D eigenvalue weighted by atomic mass is 15.2. The Balaban J connectivity index is 1.65. The third kappa shape index (κ3) is 3.39. The lowest BCUT2D eigenvalue weighted by molar-refractivity contribution is 0.931. The van der Waals surface area contributed by atoms with Gasteiger partial charge in [0.1, 0.15) is 23.8 Å². The van der Waals surface area contributed by atoms with E-state index < -0.39 is 0 Å². The SMILES string of the molecule is CNc1cc(NCc2ccnc(N3CCCC3)c2)ncn1. The first-order valence-electron chi connectivity index (χ1n) is 7.29. The van der Waals surface area contributed by atoms with Crippen LogP contribution in [0.3, 0.4) is 0 Å². The second-order valence-electron chi connectivity index (χ2n) is 5.11. The number of anilines is 3. The molecule has 0 bridgehead atoms. The van der Waals surface area contributed by atoms with Crippen molar-refractivity contribution < 1.29 is 0 Å². The molecule has 0 aromatic carbocycles. The Labute approximate surface area is 124 Å². The minimum Gasteiger partial charge on any atom is -0.373 e. The normalized spacial score (nSPS) is 14.2. The van der Waals surface area contributed by atoms with E-state index >= 15 is 0 Å². The highest BCUT2D eigenvalue weighted by molar-refractivity contribution is 5.47. The van der Waals surface area contributed by atoms with E-state index in [1.807, 2.05) is 25.4 Å². The van der Waals surface area contributed by atoms with Crippen LogP contribution in [0.2, 0.25) is 0 Å². The molecule has 1 saturated heterocycles. The predicted molar refractivity (Wildman–Crippen MR) is 84.6 cm³/mol. The van der Waals surface area contributed by atoms with Crippen LogP contribution in [0.4, 0.5) is 17.5 Å². The van der Waals surface area contributed by atoms with Crippen molar-refractivity contribution >= 4 is 17.5 Å². The summed E-state index contributed by atoms with van der Waals surface area (Å²) in [6, 6.07) is 6.08. The van der Waals surface area contributed by atoms with Crippen LogP contribution in [-0.2, 0) is 6.54 Å². The molecular formula is C15H20N6. The monoisotopic (exact) mass is 284 g/mol. The van der Waals surface area contributed by atoms with Crippen molar-refractivity contribution in [1.29, 1.82) is 0 Å². The largest absolute Gasteiger partial charge is 0.373 e. The third-order valence-electron chi connectivity index (χ3n) is 3.64. The van der Waals surface area contributed by atoms with E-state index in [0.717, 1.165) is 37.1 Å². The molecule has 2 N–H and O–H groups in total. The Morgan fingerprint density at radius 1 is 1.10 bits per heavy atom. The Morgan fingerprint density at radius 3 is 2.71 bits per heavy atom. The summed E-state index contributed by atoms with van der Waals surface area (Å²) in [5, 5.41) is 6.32. The number of nitrogens with one attached hydrogen (secondary N) is 2. The van der Waals surface area contributed by atoms with E-state index in [2.05, 4.69) is 36.6 Å². The molecule has 6 heteroatoms. The van der Waals surface area contributed by atoms with E-state index in [1.165, 1.54) is 18.4 Å². The van der Waals surface area contributed by atoms with Crippen LogP contribution in [-0.4, -0.2) is 35.1 Å². The van der Waals surface area contributed by atoms with E-state index in [0.29, 0.717) is 0 Å². The molecule has 6 nitrogen and oxygen atoms in total. The van der Waals surface area contributed by atoms with Crippen molar-refractivity contribution in [1.82, 2.24) is 15.0 Å². The molecule has 1 aliphatic rings. The number of aromatic nitrogens is 3. The summed E-state index contributed by atoms with van der Waals surface area (Å²) in [5.41, 5.74) is 1.21. The van der Waals surface area contributed by atoms with Gasteiger partial charge in [0.2, 0.25) is 0 Å².